The highest BCUT2D eigenvalue weighted by atomic mass is 35.5. The number of hydrogen-bond donors (Lipinski definition) is 1. The van der Waals surface area contributed by atoms with Crippen LogP contribution in [0.15, 0.2) is 47.4 Å². The Kier molecular flexibility index (Phi) is 7.40. The smallest absolute Gasteiger partial charge is 0.169 e. The minimum absolute atomic E-state index is 0.770. The number of nitrogens with zero attached hydrogens (tertiary/aromatic N) is 1. The monoisotopic (exact) mass is 378 g/mol. The van der Waals surface area contributed by atoms with E-state index in [4.69, 9.17) is 23.8 Å². The molecule has 0 aliphatic heterocycles. The lowest BCUT2D eigenvalue weighted by Crippen LogP contribution is -2.37. The molecule has 0 atom stereocenters. The topological polar surface area (TPSA) is 15.3 Å². The molecule has 2 aromatic rings. The Balaban J connectivity index is 1.74. The van der Waals surface area contributed by atoms with Crippen LogP contribution in [0, 0.1) is 13.8 Å². The quantitative estimate of drug-likeness (QED) is 0.429. The van der Waals surface area contributed by atoms with Crippen molar-refractivity contribution in [3.63, 3.8) is 0 Å². The van der Waals surface area contributed by atoms with Gasteiger partial charge in [-0.1, -0.05) is 35.4 Å². The van der Waals surface area contributed by atoms with Gasteiger partial charge >= 0.3 is 0 Å². The lowest BCUT2D eigenvalue weighted by atomic mass is 10.1. The molecule has 0 fully saturated rings. The molecule has 0 aromatic heterocycles. The molecule has 0 saturated carbocycles. The summed E-state index contributed by atoms with van der Waals surface area (Å²) < 4.78 is 0. The standard InChI is InChI=1S/C19H23ClN2S2/c1-14-4-5-16(15(2)12-14)13-22(3)19(23)21-10-11-24-18-8-6-17(20)7-9-18/h4-9,12H,10-11,13H2,1-3H3,(H,21,23). The van der Waals surface area contributed by atoms with E-state index in [0.717, 1.165) is 29.0 Å². The van der Waals surface area contributed by atoms with Crippen LogP contribution in [0.5, 0.6) is 0 Å². The molecule has 0 bridgehead atoms. The van der Waals surface area contributed by atoms with E-state index < -0.39 is 0 Å². The molecule has 5 heteroatoms. The molecule has 2 rings (SSSR count). The predicted molar refractivity (Wildman–Crippen MR) is 110 cm³/mol. The third-order valence-corrected chi connectivity index (χ3v) is 5.43. The Morgan fingerprint density at radius 3 is 2.54 bits per heavy atom. The first-order valence-corrected chi connectivity index (χ1v) is 9.66. The van der Waals surface area contributed by atoms with E-state index in [9.17, 15) is 0 Å². The number of thiocarbonyl (C=S) groups is 1. The molecule has 0 saturated heterocycles. The van der Waals surface area contributed by atoms with Crippen LogP contribution in [0.1, 0.15) is 16.7 Å². The van der Waals surface area contributed by atoms with Crippen molar-refractivity contribution < 1.29 is 0 Å². The summed E-state index contributed by atoms with van der Waals surface area (Å²) in [6.07, 6.45) is 0. The van der Waals surface area contributed by atoms with Crippen LogP contribution in [0.25, 0.3) is 0 Å². The summed E-state index contributed by atoms with van der Waals surface area (Å²) in [5.74, 6) is 0.958. The van der Waals surface area contributed by atoms with E-state index in [1.54, 1.807) is 11.8 Å². The largest absolute Gasteiger partial charge is 0.362 e. The van der Waals surface area contributed by atoms with Crippen molar-refractivity contribution in [1.29, 1.82) is 0 Å². The Morgan fingerprint density at radius 1 is 1.17 bits per heavy atom. The van der Waals surface area contributed by atoms with Crippen molar-refractivity contribution >= 4 is 40.7 Å². The maximum absolute atomic E-state index is 5.89. The van der Waals surface area contributed by atoms with Gasteiger partial charge in [-0.2, -0.15) is 0 Å². The molecule has 2 nitrogen and oxygen atoms in total. The number of hydrogen-bond acceptors (Lipinski definition) is 2. The summed E-state index contributed by atoms with van der Waals surface area (Å²) in [4.78, 5) is 3.30. The summed E-state index contributed by atoms with van der Waals surface area (Å²) in [6, 6.07) is 14.5. The number of benzene rings is 2. The van der Waals surface area contributed by atoms with E-state index in [-0.39, 0.29) is 0 Å². The third-order valence-electron chi connectivity index (χ3n) is 3.71. The van der Waals surface area contributed by atoms with E-state index in [1.807, 2.05) is 31.3 Å². The van der Waals surface area contributed by atoms with E-state index in [1.165, 1.54) is 21.6 Å². The molecule has 0 spiro atoms. The summed E-state index contributed by atoms with van der Waals surface area (Å²) in [5, 5.41) is 4.88. The van der Waals surface area contributed by atoms with Crippen LogP contribution >= 0.6 is 35.6 Å². The zero-order chi connectivity index (χ0) is 17.5. The van der Waals surface area contributed by atoms with Gasteiger partial charge in [0.15, 0.2) is 5.11 Å². The SMILES string of the molecule is Cc1ccc(CN(C)C(=S)NCCSc2ccc(Cl)cc2)c(C)c1. The number of rotatable bonds is 6. The van der Waals surface area contributed by atoms with Gasteiger partial charge in [-0.3, -0.25) is 0 Å². The van der Waals surface area contributed by atoms with Gasteiger partial charge in [-0.15, -0.1) is 11.8 Å². The Bertz CT molecular complexity index is 686. The second kappa shape index (κ2) is 9.30. The zero-order valence-corrected chi connectivity index (χ0v) is 16.7. The van der Waals surface area contributed by atoms with Crippen LogP contribution in [0.2, 0.25) is 5.02 Å². The lowest BCUT2D eigenvalue weighted by molar-refractivity contribution is 0.490. The van der Waals surface area contributed by atoms with Crippen LogP contribution in [0.4, 0.5) is 0 Å². The predicted octanol–water partition coefficient (Wildman–Crippen LogP) is 5.06. The van der Waals surface area contributed by atoms with E-state index >= 15 is 0 Å². The van der Waals surface area contributed by atoms with E-state index in [0.29, 0.717) is 0 Å². The summed E-state index contributed by atoms with van der Waals surface area (Å²) in [5.41, 5.74) is 3.91. The Morgan fingerprint density at radius 2 is 1.88 bits per heavy atom. The average Bonchev–Trinajstić information content (AvgIpc) is 2.55. The molecule has 0 radical (unpaired) electrons. The molecule has 128 valence electrons. The van der Waals surface area contributed by atoms with Crippen molar-refractivity contribution in [1.82, 2.24) is 10.2 Å². The molecule has 0 aliphatic rings. The third kappa shape index (κ3) is 6.00. The van der Waals surface area contributed by atoms with Crippen molar-refractivity contribution in [2.75, 3.05) is 19.3 Å². The van der Waals surface area contributed by atoms with Gasteiger partial charge in [0.25, 0.3) is 0 Å². The molecule has 0 amide bonds. The fourth-order valence-electron chi connectivity index (χ4n) is 2.34. The minimum atomic E-state index is 0.770. The molecule has 1 N–H and O–H groups in total. The molecular formula is C19H23ClN2S2. The van der Waals surface area contributed by atoms with Gasteiger partial charge in [0.1, 0.15) is 0 Å². The maximum Gasteiger partial charge on any atom is 0.169 e. The zero-order valence-electron chi connectivity index (χ0n) is 14.3. The van der Waals surface area contributed by atoms with Gasteiger partial charge in [0.05, 0.1) is 0 Å². The average molecular weight is 379 g/mol. The van der Waals surface area contributed by atoms with Gasteiger partial charge in [-0.05, 0) is 61.5 Å². The number of thioether (sulfide) groups is 1. The summed E-state index contributed by atoms with van der Waals surface area (Å²) >= 11 is 13.2. The highest BCUT2D eigenvalue weighted by molar-refractivity contribution is 7.99. The maximum atomic E-state index is 5.89. The highest BCUT2D eigenvalue weighted by Gasteiger charge is 2.07. The first-order chi connectivity index (χ1) is 11.5. The van der Waals surface area contributed by atoms with Crippen molar-refractivity contribution in [2.24, 2.45) is 0 Å². The molecule has 0 aliphatic carbocycles. The number of aryl methyl sites for hydroxylation is 2. The fraction of sp³-hybridized carbons (Fsp3) is 0.316. The first-order valence-electron chi connectivity index (χ1n) is 7.89. The Labute approximate surface area is 159 Å². The summed E-state index contributed by atoms with van der Waals surface area (Å²) in [6.45, 7) is 5.92. The lowest BCUT2D eigenvalue weighted by Gasteiger charge is -2.22. The molecular weight excluding hydrogens is 356 g/mol. The van der Waals surface area contributed by atoms with Crippen molar-refractivity contribution in [3.8, 4) is 0 Å². The van der Waals surface area contributed by atoms with Gasteiger partial charge < -0.3 is 10.2 Å². The number of nitrogens with one attached hydrogen (secondary N) is 1. The van der Waals surface area contributed by atoms with Crippen molar-refractivity contribution in [3.05, 3.63) is 64.2 Å². The normalized spacial score (nSPS) is 10.5. The summed E-state index contributed by atoms with van der Waals surface area (Å²) in [7, 11) is 2.03. The van der Waals surface area contributed by atoms with Gasteiger partial charge in [0, 0.05) is 35.8 Å². The first kappa shape index (κ1) is 19.1. The van der Waals surface area contributed by atoms with Crippen LogP contribution in [-0.2, 0) is 6.54 Å². The fourth-order valence-corrected chi connectivity index (χ4v) is 3.40. The van der Waals surface area contributed by atoms with Crippen LogP contribution < -0.4 is 5.32 Å². The minimum Gasteiger partial charge on any atom is -0.362 e. The molecule has 0 unspecified atom stereocenters. The Hall–Kier alpha value is -1.23. The highest BCUT2D eigenvalue weighted by Crippen LogP contribution is 2.19. The van der Waals surface area contributed by atoms with E-state index in [2.05, 4.69) is 42.3 Å². The van der Waals surface area contributed by atoms with Crippen LogP contribution in [0.3, 0.4) is 0 Å². The van der Waals surface area contributed by atoms with Gasteiger partial charge in [0.2, 0.25) is 0 Å². The molecule has 24 heavy (non-hydrogen) atoms. The molecule has 2 aromatic carbocycles. The second-order valence-electron chi connectivity index (χ2n) is 5.82. The van der Waals surface area contributed by atoms with Crippen molar-refractivity contribution in [2.45, 2.75) is 25.3 Å². The molecule has 0 heterocycles. The van der Waals surface area contributed by atoms with Gasteiger partial charge in [-0.25, -0.2) is 0 Å². The second-order valence-corrected chi connectivity index (χ2v) is 7.81. The number of halogens is 1. The van der Waals surface area contributed by atoms with Crippen LogP contribution in [-0.4, -0.2) is 29.4 Å².